The maximum absolute atomic E-state index is 12.3. The van der Waals surface area contributed by atoms with Crippen LogP contribution in [0.3, 0.4) is 0 Å². The Labute approximate surface area is 151 Å². The van der Waals surface area contributed by atoms with E-state index in [0.29, 0.717) is 6.42 Å². The number of benzene rings is 3. The Morgan fingerprint density at radius 2 is 1.54 bits per heavy atom. The molecule has 0 aliphatic heterocycles. The molecule has 4 rings (SSSR count). The lowest BCUT2D eigenvalue weighted by molar-refractivity contribution is -0.115. The third-order valence-corrected chi connectivity index (χ3v) is 4.22. The van der Waals surface area contributed by atoms with Gasteiger partial charge in [-0.2, -0.15) is 0 Å². The van der Waals surface area contributed by atoms with Crippen molar-refractivity contribution in [3.63, 3.8) is 0 Å². The maximum atomic E-state index is 12.3. The van der Waals surface area contributed by atoms with Crippen molar-refractivity contribution in [1.29, 1.82) is 0 Å². The molecule has 0 spiro atoms. The molecule has 0 fully saturated rings. The van der Waals surface area contributed by atoms with Crippen molar-refractivity contribution in [1.82, 2.24) is 4.98 Å². The summed E-state index contributed by atoms with van der Waals surface area (Å²) in [5, 5.41) is 7.42. The SMILES string of the molecule is O=C(Cc1ccc2cc[nH]c2c1)Nc1ccc(Nc2ccccc2)cc1. The topological polar surface area (TPSA) is 56.9 Å². The van der Waals surface area contributed by atoms with Gasteiger partial charge in [-0.05, 0) is 59.5 Å². The van der Waals surface area contributed by atoms with Crippen molar-refractivity contribution in [3.05, 3.63) is 90.6 Å². The molecule has 0 radical (unpaired) electrons. The van der Waals surface area contributed by atoms with Crippen LogP contribution in [-0.4, -0.2) is 10.9 Å². The summed E-state index contributed by atoms with van der Waals surface area (Å²) in [7, 11) is 0. The summed E-state index contributed by atoms with van der Waals surface area (Å²) in [4.78, 5) is 15.5. The fraction of sp³-hybridized carbons (Fsp3) is 0.0455. The highest BCUT2D eigenvalue weighted by atomic mass is 16.1. The lowest BCUT2D eigenvalue weighted by atomic mass is 10.1. The van der Waals surface area contributed by atoms with E-state index in [1.807, 2.05) is 85.1 Å². The quantitative estimate of drug-likeness (QED) is 0.473. The normalized spacial score (nSPS) is 10.6. The highest BCUT2D eigenvalue weighted by Crippen LogP contribution is 2.19. The molecule has 0 saturated heterocycles. The molecule has 3 N–H and O–H groups in total. The molecular formula is C22H19N3O. The number of rotatable bonds is 5. The van der Waals surface area contributed by atoms with Crippen molar-refractivity contribution in [2.75, 3.05) is 10.6 Å². The predicted molar refractivity (Wildman–Crippen MR) is 107 cm³/mol. The second kappa shape index (κ2) is 7.15. The molecular weight excluding hydrogens is 322 g/mol. The summed E-state index contributed by atoms with van der Waals surface area (Å²) in [6.45, 7) is 0. The van der Waals surface area contributed by atoms with Gasteiger partial charge in [0.2, 0.25) is 5.91 Å². The van der Waals surface area contributed by atoms with Crippen LogP contribution in [-0.2, 0) is 11.2 Å². The van der Waals surface area contributed by atoms with Crippen LogP contribution in [0, 0.1) is 0 Å². The Morgan fingerprint density at radius 3 is 2.35 bits per heavy atom. The number of anilines is 3. The minimum atomic E-state index is -0.0281. The highest BCUT2D eigenvalue weighted by Gasteiger charge is 2.06. The van der Waals surface area contributed by atoms with Crippen molar-refractivity contribution in [2.24, 2.45) is 0 Å². The molecule has 0 aliphatic rings. The number of aromatic amines is 1. The Kier molecular flexibility index (Phi) is 4.39. The van der Waals surface area contributed by atoms with Crippen LogP contribution in [0.15, 0.2) is 85.1 Å². The molecule has 4 nitrogen and oxygen atoms in total. The van der Waals surface area contributed by atoms with Crippen LogP contribution in [0.5, 0.6) is 0 Å². The number of nitrogens with one attached hydrogen (secondary N) is 3. The van der Waals surface area contributed by atoms with Gasteiger partial charge in [0.05, 0.1) is 6.42 Å². The van der Waals surface area contributed by atoms with E-state index in [0.717, 1.165) is 33.5 Å². The third kappa shape index (κ3) is 3.75. The summed E-state index contributed by atoms with van der Waals surface area (Å²) >= 11 is 0. The van der Waals surface area contributed by atoms with Gasteiger partial charge < -0.3 is 15.6 Å². The molecule has 0 bridgehead atoms. The molecule has 128 valence electrons. The molecule has 0 atom stereocenters. The van der Waals surface area contributed by atoms with E-state index in [1.54, 1.807) is 0 Å². The van der Waals surface area contributed by atoms with Gasteiger partial charge in [0.15, 0.2) is 0 Å². The first-order chi connectivity index (χ1) is 12.8. The van der Waals surface area contributed by atoms with Gasteiger partial charge in [-0.15, -0.1) is 0 Å². The first kappa shape index (κ1) is 16.0. The molecule has 0 aliphatic carbocycles. The number of fused-ring (bicyclic) bond motifs is 1. The number of para-hydroxylation sites is 1. The number of H-pyrrole nitrogens is 1. The average Bonchev–Trinajstić information content (AvgIpc) is 3.12. The summed E-state index contributed by atoms with van der Waals surface area (Å²) in [6, 6.07) is 25.7. The van der Waals surface area contributed by atoms with Crippen molar-refractivity contribution < 1.29 is 4.79 Å². The minimum Gasteiger partial charge on any atom is -0.361 e. The third-order valence-electron chi connectivity index (χ3n) is 4.22. The molecule has 4 heteroatoms. The van der Waals surface area contributed by atoms with Crippen LogP contribution in [0.2, 0.25) is 0 Å². The Balaban J connectivity index is 1.38. The van der Waals surface area contributed by atoms with Gasteiger partial charge >= 0.3 is 0 Å². The Hall–Kier alpha value is -3.53. The number of hydrogen-bond acceptors (Lipinski definition) is 2. The summed E-state index contributed by atoms with van der Waals surface area (Å²) in [5.74, 6) is -0.0281. The van der Waals surface area contributed by atoms with Crippen molar-refractivity contribution >= 4 is 33.9 Å². The van der Waals surface area contributed by atoms with E-state index in [1.165, 1.54) is 0 Å². The zero-order chi connectivity index (χ0) is 17.8. The summed E-state index contributed by atoms with van der Waals surface area (Å²) in [5.41, 5.74) is 4.83. The van der Waals surface area contributed by atoms with Gasteiger partial charge in [-0.25, -0.2) is 0 Å². The zero-order valence-corrected chi connectivity index (χ0v) is 14.2. The van der Waals surface area contributed by atoms with E-state index in [2.05, 4.69) is 15.6 Å². The molecule has 1 heterocycles. The van der Waals surface area contributed by atoms with E-state index < -0.39 is 0 Å². The summed E-state index contributed by atoms with van der Waals surface area (Å²) < 4.78 is 0. The molecule has 3 aromatic carbocycles. The monoisotopic (exact) mass is 341 g/mol. The van der Waals surface area contributed by atoms with Gasteiger partial charge in [0.1, 0.15) is 0 Å². The Morgan fingerprint density at radius 1 is 0.808 bits per heavy atom. The van der Waals surface area contributed by atoms with Gasteiger partial charge in [0.25, 0.3) is 0 Å². The molecule has 1 aromatic heterocycles. The van der Waals surface area contributed by atoms with E-state index in [9.17, 15) is 4.79 Å². The second-order valence-electron chi connectivity index (χ2n) is 6.19. The van der Waals surface area contributed by atoms with E-state index in [4.69, 9.17) is 0 Å². The van der Waals surface area contributed by atoms with Gasteiger partial charge in [-0.1, -0.05) is 30.3 Å². The maximum Gasteiger partial charge on any atom is 0.228 e. The van der Waals surface area contributed by atoms with Gasteiger partial charge in [-0.3, -0.25) is 4.79 Å². The first-order valence-corrected chi connectivity index (χ1v) is 8.54. The molecule has 0 saturated carbocycles. The van der Waals surface area contributed by atoms with Crippen LogP contribution in [0.4, 0.5) is 17.1 Å². The molecule has 4 aromatic rings. The van der Waals surface area contributed by atoms with Crippen molar-refractivity contribution in [3.8, 4) is 0 Å². The first-order valence-electron chi connectivity index (χ1n) is 8.54. The van der Waals surface area contributed by atoms with E-state index >= 15 is 0 Å². The molecule has 0 unspecified atom stereocenters. The fourth-order valence-electron chi connectivity index (χ4n) is 2.92. The number of carbonyl (C=O) groups is 1. The zero-order valence-electron chi connectivity index (χ0n) is 14.2. The van der Waals surface area contributed by atoms with E-state index in [-0.39, 0.29) is 5.91 Å². The molecule has 1 amide bonds. The lowest BCUT2D eigenvalue weighted by Crippen LogP contribution is -2.14. The molecule has 26 heavy (non-hydrogen) atoms. The van der Waals surface area contributed by atoms with Crippen molar-refractivity contribution in [2.45, 2.75) is 6.42 Å². The average molecular weight is 341 g/mol. The number of aromatic nitrogens is 1. The Bertz CT molecular complexity index is 1020. The van der Waals surface area contributed by atoms with Crippen LogP contribution in [0.25, 0.3) is 10.9 Å². The number of amides is 1. The van der Waals surface area contributed by atoms with Gasteiger partial charge in [0, 0.05) is 28.8 Å². The standard InChI is InChI=1S/C22H19N3O/c26-22(15-16-6-7-17-12-13-23-21(17)14-16)25-20-10-8-19(9-11-20)24-18-4-2-1-3-5-18/h1-14,23-24H,15H2,(H,25,26). The number of hydrogen-bond donors (Lipinski definition) is 3. The smallest absolute Gasteiger partial charge is 0.228 e. The van der Waals surface area contributed by atoms with Crippen LogP contribution >= 0.6 is 0 Å². The lowest BCUT2D eigenvalue weighted by Gasteiger charge is -2.09. The predicted octanol–water partition coefficient (Wildman–Crippen LogP) is 5.09. The highest BCUT2D eigenvalue weighted by molar-refractivity contribution is 5.93. The second-order valence-corrected chi connectivity index (χ2v) is 6.19. The largest absolute Gasteiger partial charge is 0.361 e. The number of carbonyl (C=O) groups excluding carboxylic acids is 1. The van der Waals surface area contributed by atoms with Crippen LogP contribution in [0.1, 0.15) is 5.56 Å². The van der Waals surface area contributed by atoms with Crippen LogP contribution < -0.4 is 10.6 Å². The summed E-state index contributed by atoms with van der Waals surface area (Å²) in [6.07, 6.45) is 2.25. The fourth-order valence-corrected chi connectivity index (χ4v) is 2.92. The minimum absolute atomic E-state index is 0.0281.